The van der Waals surface area contributed by atoms with Crippen molar-refractivity contribution in [3.05, 3.63) is 157 Å². The lowest BCUT2D eigenvalue weighted by Crippen LogP contribution is -2.40. The summed E-state index contributed by atoms with van der Waals surface area (Å²) < 4.78 is 15.8. The number of benzene rings is 4. The average Bonchev–Trinajstić information content (AvgIpc) is 3.35. The number of hydrogen-bond acceptors (Lipinski definition) is 6. The van der Waals surface area contributed by atoms with Crippen LogP contribution in [0.15, 0.2) is 112 Å². The smallest absolute Gasteiger partial charge is 0.338 e. The summed E-state index contributed by atoms with van der Waals surface area (Å²) in [5.74, 6) is 0.143. The van der Waals surface area contributed by atoms with E-state index in [0.29, 0.717) is 31.4 Å². The van der Waals surface area contributed by atoms with Crippen LogP contribution in [-0.2, 0) is 16.1 Å². The van der Waals surface area contributed by atoms with Crippen molar-refractivity contribution in [1.29, 1.82) is 0 Å². The van der Waals surface area contributed by atoms with Crippen molar-refractivity contribution in [2.24, 2.45) is 4.99 Å². The molecule has 2 heterocycles. The van der Waals surface area contributed by atoms with Crippen LogP contribution in [0.1, 0.15) is 35.2 Å². The van der Waals surface area contributed by atoms with Gasteiger partial charge in [0.1, 0.15) is 12.4 Å². The van der Waals surface area contributed by atoms with Crippen LogP contribution < -0.4 is 19.6 Å². The van der Waals surface area contributed by atoms with Gasteiger partial charge in [-0.3, -0.25) is 9.36 Å². The largest absolute Gasteiger partial charge is 0.487 e. The van der Waals surface area contributed by atoms with E-state index in [1.807, 2.05) is 103 Å². The molecule has 0 bridgehead atoms. The van der Waals surface area contributed by atoms with Crippen LogP contribution in [0.25, 0.3) is 11.8 Å². The molecule has 1 aliphatic heterocycles. The summed E-state index contributed by atoms with van der Waals surface area (Å²) in [6.45, 7) is 2.23. The van der Waals surface area contributed by atoms with E-state index < -0.39 is 12.0 Å². The maximum atomic E-state index is 14.3. The lowest BCUT2D eigenvalue weighted by molar-refractivity contribution is -0.138. The zero-order chi connectivity index (χ0) is 31.5. The van der Waals surface area contributed by atoms with E-state index in [4.69, 9.17) is 26.1 Å². The molecule has 0 radical (unpaired) electrons. The first-order valence-corrected chi connectivity index (χ1v) is 17.4. The molecule has 0 saturated carbocycles. The summed E-state index contributed by atoms with van der Waals surface area (Å²) in [6.07, 6.45) is 1.84. The van der Waals surface area contributed by atoms with E-state index in [-0.39, 0.29) is 18.8 Å². The number of halogens is 3. The molecule has 0 unspecified atom stereocenters. The van der Waals surface area contributed by atoms with E-state index in [2.05, 4.69) is 45.2 Å². The molecule has 1 aliphatic rings. The Labute approximate surface area is 296 Å². The quantitative estimate of drug-likeness (QED) is 0.121. The highest BCUT2D eigenvalue weighted by Gasteiger charge is 2.35. The first-order valence-electron chi connectivity index (χ1n) is 14.0. The fraction of sp³-hybridized carbons (Fsp3) is 0.114. The van der Waals surface area contributed by atoms with E-state index in [0.717, 1.165) is 29.4 Å². The Kier molecular flexibility index (Phi) is 9.88. The molecule has 226 valence electrons. The predicted octanol–water partition coefficient (Wildman–Crippen LogP) is 7.38. The van der Waals surface area contributed by atoms with E-state index in [1.165, 1.54) is 11.3 Å². The lowest BCUT2D eigenvalue weighted by atomic mass is 9.93. The molecule has 0 amide bonds. The van der Waals surface area contributed by atoms with Crippen molar-refractivity contribution in [2.45, 2.75) is 19.6 Å². The minimum absolute atomic E-state index is 0.193. The number of rotatable bonds is 8. The Morgan fingerprint density at radius 3 is 2.40 bits per heavy atom. The highest BCUT2D eigenvalue weighted by atomic mass is 127. The molecule has 4 aromatic carbocycles. The highest BCUT2D eigenvalue weighted by Crippen LogP contribution is 2.35. The number of nitrogens with zero attached hydrogens (tertiary/aromatic N) is 2. The van der Waals surface area contributed by atoms with E-state index >= 15 is 0 Å². The monoisotopic (exact) mass is 858 g/mol. The molecule has 45 heavy (non-hydrogen) atoms. The molecule has 0 aliphatic carbocycles. The lowest BCUT2D eigenvalue weighted by Gasteiger charge is -2.25. The Morgan fingerprint density at radius 1 is 1.00 bits per heavy atom. The molecule has 0 saturated heterocycles. The van der Waals surface area contributed by atoms with Crippen molar-refractivity contribution in [1.82, 2.24) is 4.57 Å². The zero-order valence-corrected chi connectivity index (χ0v) is 29.8. The van der Waals surface area contributed by atoms with Crippen LogP contribution in [0.2, 0.25) is 5.02 Å². The topological polar surface area (TPSA) is 69.9 Å². The maximum absolute atomic E-state index is 14.3. The molecule has 0 N–H and O–H groups in total. The highest BCUT2D eigenvalue weighted by molar-refractivity contribution is 14.1. The number of carbonyl (C=O) groups excluding carboxylic acids is 1. The van der Waals surface area contributed by atoms with Crippen molar-refractivity contribution in [3.63, 3.8) is 0 Å². The van der Waals surface area contributed by atoms with Gasteiger partial charge >= 0.3 is 5.97 Å². The Bertz CT molecular complexity index is 2110. The molecule has 1 atom stereocenters. The van der Waals surface area contributed by atoms with Crippen molar-refractivity contribution >= 4 is 85.9 Å². The second-order valence-corrected chi connectivity index (χ2v) is 13.9. The zero-order valence-electron chi connectivity index (χ0n) is 23.9. The number of aromatic nitrogens is 1. The summed E-state index contributed by atoms with van der Waals surface area (Å²) in [7, 11) is 0. The van der Waals surface area contributed by atoms with Crippen LogP contribution in [-0.4, -0.2) is 17.1 Å². The number of esters is 1. The van der Waals surface area contributed by atoms with Gasteiger partial charge in [-0.1, -0.05) is 102 Å². The predicted molar refractivity (Wildman–Crippen MR) is 195 cm³/mol. The Balaban J connectivity index is 1.56. The third kappa shape index (κ3) is 6.67. The summed E-state index contributed by atoms with van der Waals surface area (Å²) in [5, 5.41) is 0.625. The second-order valence-electron chi connectivity index (χ2n) is 10.0. The molecule has 6 rings (SSSR count). The first-order chi connectivity index (χ1) is 21.9. The number of carbonyl (C=O) groups is 1. The Hall–Kier alpha value is -3.26. The summed E-state index contributed by atoms with van der Waals surface area (Å²) in [6, 6.07) is 29.9. The third-order valence-electron chi connectivity index (χ3n) is 7.14. The molecule has 0 fully saturated rings. The molecular formula is C35H25ClI2N2O4S. The van der Waals surface area contributed by atoms with Gasteiger partial charge in [-0.15, -0.1) is 0 Å². The molecular weight excluding hydrogens is 834 g/mol. The SMILES string of the molecule is CCOC(=O)C1=C(c2ccccc2)N=c2s/c(=C\c3cc(I)cc(I)c3OCc3ccccc3Cl)c(=O)n2[C@H]1c1ccccc1. The van der Waals surface area contributed by atoms with Gasteiger partial charge in [0.15, 0.2) is 4.80 Å². The van der Waals surface area contributed by atoms with Crippen LogP contribution in [0.3, 0.4) is 0 Å². The van der Waals surface area contributed by atoms with E-state index in [9.17, 15) is 9.59 Å². The first kappa shape index (κ1) is 31.7. The van der Waals surface area contributed by atoms with Crippen LogP contribution in [0, 0.1) is 7.14 Å². The summed E-state index contributed by atoms with van der Waals surface area (Å²) >= 11 is 12.2. The van der Waals surface area contributed by atoms with Gasteiger partial charge in [0.2, 0.25) is 0 Å². The van der Waals surface area contributed by atoms with Gasteiger partial charge < -0.3 is 9.47 Å². The maximum Gasteiger partial charge on any atom is 0.338 e. The van der Waals surface area contributed by atoms with Gasteiger partial charge in [0.25, 0.3) is 5.56 Å². The van der Waals surface area contributed by atoms with Crippen LogP contribution >= 0.6 is 68.1 Å². The minimum atomic E-state index is -0.731. The van der Waals surface area contributed by atoms with Gasteiger partial charge in [-0.05, 0) is 81.9 Å². The normalized spacial score (nSPS) is 14.6. The fourth-order valence-electron chi connectivity index (χ4n) is 5.14. The van der Waals surface area contributed by atoms with Gasteiger partial charge in [-0.2, -0.15) is 0 Å². The summed E-state index contributed by atoms with van der Waals surface area (Å²) in [4.78, 5) is 33.4. The minimum Gasteiger partial charge on any atom is -0.487 e. The molecule has 1 aromatic heterocycles. The van der Waals surface area contributed by atoms with Gasteiger partial charge in [0, 0.05) is 25.3 Å². The molecule has 5 aromatic rings. The number of thiazole rings is 1. The number of ether oxygens (including phenoxy) is 2. The standard InChI is InChI=1S/C35H25ClI2N2O4S/c1-2-43-34(42)29-30(21-11-5-3-6-12-21)39-35-40(31(29)22-13-7-4-8-14-22)33(41)28(45-35)18-24-17-25(37)19-27(38)32(24)44-20-23-15-9-10-16-26(23)36/h3-19,31H,2,20H2,1H3/b28-18-/t31-/m0/s1. The fourth-order valence-corrected chi connectivity index (χ4v) is 8.36. The second kappa shape index (κ2) is 14.0. The van der Waals surface area contributed by atoms with Gasteiger partial charge in [-0.25, -0.2) is 9.79 Å². The Morgan fingerprint density at radius 2 is 1.69 bits per heavy atom. The van der Waals surface area contributed by atoms with Crippen LogP contribution in [0.4, 0.5) is 0 Å². The molecule has 10 heteroatoms. The molecule has 6 nitrogen and oxygen atoms in total. The third-order valence-corrected chi connectivity index (χ3v) is 9.92. The van der Waals surface area contributed by atoms with Crippen molar-refractivity contribution in [2.75, 3.05) is 6.61 Å². The van der Waals surface area contributed by atoms with E-state index in [1.54, 1.807) is 11.5 Å². The van der Waals surface area contributed by atoms with Gasteiger partial charge in [0.05, 0.1) is 32.0 Å². The summed E-state index contributed by atoms with van der Waals surface area (Å²) in [5.41, 5.74) is 3.72. The number of fused-ring (bicyclic) bond motifs is 1. The number of hydrogen-bond donors (Lipinski definition) is 0. The molecule has 0 spiro atoms. The average molecular weight is 859 g/mol. The van der Waals surface area contributed by atoms with Crippen molar-refractivity contribution in [3.8, 4) is 5.75 Å². The van der Waals surface area contributed by atoms with Crippen LogP contribution in [0.5, 0.6) is 5.75 Å². The van der Waals surface area contributed by atoms with Crippen molar-refractivity contribution < 1.29 is 14.3 Å².